The van der Waals surface area contributed by atoms with Gasteiger partial charge in [-0.3, -0.25) is 0 Å². The molecule has 0 spiro atoms. The second kappa shape index (κ2) is 6.02. The Morgan fingerprint density at radius 2 is 1.81 bits per heavy atom. The summed E-state index contributed by atoms with van der Waals surface area (Å²) in [5.41, 5.74) is 4.71. The van der Waals surface area contributed by atoms with Gasteiger partial charge in [0.25, 0.3) is 0 Å². The molecule has 0 saturated carbocycles. The Morgan fingerprint density at radius 3 is 2.31 bits per heavy atom. The van der Waals surface area contributed by atoms with E-state index in [1.807, 2.05) is 13.0 Å². The quantitative estimate of drug-likeness (QED) is 0.765. The zero-order chi connectivity index (χ0) is 12.0. The van der Waals surface area contributed by atoms with Gasteiger partial charge in [-0.2, -0.15) is 5.48 Å². The third-order valence-corrected chi connectivity index (χ3v) is 2.39. The van der Waals surface area contributed by atoms with Gasteiger partial charge >= 0.3 is 0 Å². The molecule has 1 unspecified atom stereocenters. The fourth-order valence-electron chi connectivity index (χ4n) is 1.71. The molecule has 2 nitrogen and oxygen atoms in total. The second-order valence-electron chi connectivity index (χ2n) is 5.28. The van der Waals surface area contributed by atoms with Crippen LogP contribution >= 0.6 is 0 Å². The highest BCUT2D eigenvalue weighted by molar-refractivity contribution is 5.18. The smallest absolute Gasteiger partial charge is 0.0654 e. The first-order chi connectivity index (χ1) is 7.53. The maximum Gasteiger partial charge on any atom is 0.0654 e. The molecule has 1 rings (SSSR count). The Morgan fingerprint density at radius 1 is 1.19 bits per heavy atom. The maximum atomic E-state index is 5.35. The first-order valence-electron chi connectivity index (χ1n) is 5.95. The molecular weight excluding hydrogens is 198 g/mol. The van der Waals surface area contributed by atoms with Gasteiger partial charge in [-0.1, -0.05) is 51.1 Å². The van der Waals surface area contributed by atoms with Crippen molar-refractivity contribution in [1.29, 1.82) is 0 Å². The van der Waals surface area contributed by atoms with Crippen LogP contribution in [0.5, 0.6) is 0 Å². The molecule has 0 aliphatic carbocycles. The summed E-state index contributed by atoms with van der Waals surface area (Å²) < 4.78 is 0. The molecule has 0 bridgehead atoms. The molecule has 0 aliphatic heterocycles. The number of rotatable bonds is 5. The molecule has 1 aromatic carbocycles. The maximum absolute atomic E-state index is 5.35. The van der Waals surface area contributed by atoms with Crippen molar-refractivity contribution in [3.05, 3.63) is 35.9 Å². The van der Waals surface area contributed by atoms with E-state index in [0.717, 1.165) is 6.42 Å². The predicted octanol–water partition coefficient (Wildman–Crippen LogP) is 3.71. The fraction of sp³-hybridized carbons (Fsp3) is 0.571. The van der Waals surface area contributed by atoms with Crippen LogP contribution in [0, 0.1) is 5.41 Å². The van der Waals surface area contributed by atoms with Gasteiger partial charge in [0, 0.05) is 0 Å². The van der Waals surface area contributed by atoms with Gasteiger partial charge in [-0.15, -0.1) is 0 Å². The van der Waals surface area contributed by atoms with Crippen LogP contribution in [0.15, 0.2) is 30.3 Å². The minimum absolute atomic E-state index is 0.265. The predicted molar refractivity (Wildman–Crippen MR) is 68.0 cm³/mol. The summed E-state index contributed by atoms with van der Waals surface area (Å²) in [5.74, 6) is 0. The minimum atomic E-state index is 0.265. The van der Waals surface area contributed by atoms with Crippen LogP contribution in [0.4, 0.5) is 0 Å². The number of hydrogen-bond acceptors (Lipinski definition) is 2. The van der Waals surface area contributed by atoms with Gasteiger partial charge in [0.05, 0.1) is 12.6 Å². The van der Waals surface area contributed by atoms with Crippen LogP contribution in [-0.4, -0.2) is 6.61 Å². The SMILES string of the molecule is CCONC(CC(C)(C)C)c1ccccc1. The van der Waals surface area contributed by atoms with E-state index in [4.69, 9.17) is 4.84 Å². The summed E-state index contributed by atoms with van der Waals surface area (Å²) in [6.07, 6.45) is 1.05. The molecule has 1 N–H and O–H groups in total. The minimum Gasteiger partial charge on any atom is -0.302 e. The third kappa shape index (κ3) is 4.77. The van der Waals surface area contributed by atoms with E-state index >= 15 is 0 Å². The van der Waals surface area contributed by atoms with E-state index in [-0.39, 0.29) is 11.5 Å². The van der Waals surface area contributed by atoms with E-state index < -0.39 is 0 Å². The lowest BCUT2D eigenvalue weighted by Gasteiger charge is -2.26. The zero-order valence-corrected chi connectivity index (χ0v) is 10.8. The normalized spacial score (nSPS) is 13.8. The van der Waals surface area contributed by atoms with Crippen molar-refractivity contribution in [2.24, 2.45) is 5.41 Å². The summed E-state index contributed by atoms with van der Waals surface area (Å²) >= 11 is 0. The molecule has 0 fully saturated rings. The van der Waals surface area contributed by atoms with Crippen molar-refractivity contribution in [3.8, 4) is 0 Å². The van der Waals surface area contributed by atoms with Crippen LogP contribution in [0.25, 0.3) is 0 Å². The first kappa shape index (κ1) is 13.2. The number of benzene rings is 1. The molecule has 0 saturated heterocycles. The van der Waals surface area contributed by atoms with Crippen LogP contribution in [0.2, 0.25) is 0 Å². The van der Waals surface area contributed by atoms with E-state index in [0.29, 0.717) is 6.61 Å². The molecule has 1 aromatic rings. The van der Waals surface area contributed by atoms with Crippen LogP contribution in [-0.2, 0) is 4.84 Å². The fourth-order valence-corrected chi connectivity index (χ4v) is 1.71. The molecular formula is C14H23NO. The summed E-state index contributed by atoms with van der Waals surface area (Å²) in [7, 11) is 0. The van der Waals surface area contributed by atoms with Gasteiger partial charge in [-0.05, 0) is 24.3 Å². The third-order valence-electron chi connectivity index (χ3n) is 2.39. The van der Waals surface area contributed by atoms with Crippen molar-refractivity contribution in [2.45, 2.75) is 40.2 Å². The second-order valence-corrected chi connectivity index (χ2v) is 5.28. The zero-order valence-electron chi connectivity index (χ0n) is 10.8. The van der Waals surface area contributed by atoms with Crippen molar-refractivity contribution < 1.29 is 4.84 Å². The summed E-state index contributed by atoms with van der Waals surface area (Å²) in [4.78, 5) is 5.35. The monoisotopic (exact) mass is 221 g/mol. The van der Waals surface area contributed by atoms with Gasteiger partial charge in [0.2, 0.25) is 0 Å². The topological polar surface area (TPSA) is 21.3 Å². The van der Waals surface area contributed by atoms with Crippen LogP contribution in [0.1, 0.15) is 45.7 Å². The van der Waals surface area contributed by atoms with Crippen molar-refractivity contribution in [2.75, 3.05) is 6.61 Å². The van der Waals surface area contributed by atoms with Gasteiger partial charge in [0.1, 0.15) is 0 Å². The average Bonchev–Trinajstić information content (AvgIpc) is 2.24. The molecule has 0 aromatic heterocycles. The molecule has 1 atom stereocenters. The van der Waals surface area contributed by atoms with E-state index in [1.54, 1.807) is 0 Å². The van der Waals surface area contributed by atoms with Crippen molar-refractivity contribution in [1.82, 2.24) is 5.48 Å². The highest BCUT2D eigenvalue weighted by Gasteiger charge is 2.19. The highest BCUT2D eigenvalue weighted by Crippen LogP contribution is 2.29. The molecule has 0 amide bonds. The standard InChI is InChI=1S/C14H23NO/c1-5-16-15-13(11-14(2,3)4)12-9-7-6-8-10-12/h6-10,13,15H,5,11H2,1-4H3. The van der Waals surface area contributed by atoms with Gasteiger partial charge < -0.3 is 4.84 Å². The Hall–Kier alpha value is -0.860. The number of hydrogen-bond donors (Lipinski definition) is 1. The van der Waals surface area contributed by atoms with Crippen molar-refractivity contribution in [3.63, 3.8) is 0 Å². The van der Waals surface area contributed by atoms with E-state index in [2.05, 4.69) is 50.5 Å². The average molecular weight is 221 g/mol. The first-order valence-corrected chi connectivity index (χ1v) is 5.95. The van der Waals surface area contributed by atoms with E-state index in [1.165, 1.54) is 5.56 Å². The molecule has 90 valence electrons. The summed E-state index contributed by atoms with van der Waals surface area (Å²) in [6.45, 7) is 9.42. The molecule has 2 heteroatoms. The lowest BCUT2D eigenvalue weighted by molar-refractivity contribution is 0.0136. The largest absolute Gasteiger partial charge is 0.302 e. The van der Waals surface area contributed by atoms with Crippen molar-refractivity contribution >= 4 is 0 Å². The molecule has 16 heavy (non-hydrogen) atoms. The van der Waals surface area contributed by atoms with Crippen LogP contribution in [0.3, 0.4) is 0 Å². The summed E-state index contributed by atoms with van der Waals surface area (Å²) in [6, 6.07) is 10.7. The van der Waals surface area contributed by atoms with Gasteiger partial charge in [0.15, 0.2) is 0 Å². The number of nitrogens with one attached hydrogen (secondary N) is 1. The highest BCUT2D eigenvalue weighted by atomic mass is 16.6. The van der Waals surface area contributed by atoms with Crippen LogP contribution < -0.4 is 5.48 Å². The van der Waals surface area contributed by atoms with Gasteiger partial charge in [-0.25, -0.2) is 0 Å². The number of hydroxylamine groups is 1. The van der Waals surface area contributed by atoms with E-state index in [9.17, 15) is 0 Å². The molecule has 0 radical (unpaired) electrons. The Labute approximate surface area is 99.0 Å². The Balaban J connectivity index is 2.71. The summed E-state index contributed by atoms with van der Waals surface area (Å²) in [5, 5.41) is 0. The Kier molecular flexibility index (Phi) is 4.97. The lowest BCUT2D eigenvalue weighted by atomic mass is 9.86. The lowest BCUT2D eigenvalue weighted by Crippen LogP contribution is -2.26. The molecule has 0 heterocycles. The Bertz CT molecular complexity index is 289. The molecule has 0 aliphatic rings.